The van der Waals surface area contributed by atoms with Crippen molar-refractivity contribution in [1.29, 1.82) is 0 Å². The first-order valence-electron chi connectivity index (χ1n) is 4.96. The first-order chi connectivity index (χ1) is 7.50. The standard InChI is InChI=1S/C11H10BrCl2NO/c12-8-2-4-9(5-3-8)15-7-1-6-11(13,14)10(15)16/h2-5H,1,6-7H2. The Labute approximate surface area is 113 Å². The lowest BCUT2D eigenvalue weighted by molar-refractivity contribution is -0.120. The van der Waals surface area contributed by atoms with Crippen molar-refractivity contribution in [2.45, 2.75) is 17.2 Å². The second-order valence-electron chi connectivity index (χ2n) is 3.74. The van der Waals surface area contributed by atoms with Gasteiger partial charge in [-0.2, -0.15) is 0 Å². The van der Waals surface area contributed by atoms with E-state index >= 15 is 0 Å². The van der Waals surface area contributed by atoms with Crippen molar-refractivity contribution < 1.29 is 4.79 Å². The Morgan fingerprint density at radius 2 is 1.88 bits per heavy atom. The number of benzene rings is 1. The van der Waals surface area contributed by atoms with Crippen molar-refractivity contribution in [3.8, 4) is 0 Å². The minimum absolute atomic E-state index is 0.232. The summed E-state index contributed by atoms with van der Waals surface area (Å²) in [6.07, 6.45) is 1.33. The summed E-state index contributed by atoms with van der Waals surface area (Å²) in [7, 11) is 0. The van der Waals surface area contributed by atoms with E-state index in [1.165, 1.54) is 0 Å². The smallest absolute Gasteiger partial charge is 0.263 e. The second-order valence-corrected chi connectivity index (χ2v) is 6.14. The number of anilines is 1. The number of amides is 1. The van der Waals surface area contributed by atoms with Crippen molar-refractivity contribution in [1.82, 2.24) is 0 Å². The Morgan fingerprint density at radius 3 is 2.50 bits per heavy atom. The fourth-order valence-corrected chi connectivity index (χ4v) is 2.47. The normalized spacial score (nSPS) is 19.9. The number of hydrogen-bond donors (Lipinski definition) is 0. The summed E-state index contributed by atoms with van der Waals surface area (Å²) in [5.41, 5.74) is 0.832. The molecule has 0 atom stereocenters. The van der Waals surface area contributed by atoms with E-state index in [-0.39, 0.29) is 5.91 Å². The summed E-state index contributed by atoms with van der Waals surface area (Å²) < 4.78 is -0.297. The lowest BCUT2D eigenvalue weighted by Crippen LogP contribution is -2.47. The quantitative estimate of drug-likeness (QED) is 0.721. The minimum atomic E-state index is -1.27. The van der Waals surface area contributed by atoms with Crippen LogP contribution in [0.15, 0.2) is 28.7 Å². The molecule has 0 unspecified atom stereocenters. The molecule has 1 heterocycles. The zero-order chi connectivity index (χ0) is 11.8. The molecule has 0 aliphatic carbocycles. The molecule has 1 amide bonds. The van der Waals surface area contributed by atoms with Gasteiger partial charge in [-0.15, -0.1) is 0 Å². The summed E-state index contributed by atoms with van der Waals surface area (Å²) in [6.45, 7) is 0.668. The average Bonchev–Trinajstić information content (AvgIpc) is 2.24. The molecule has 0 spiro atoms. The third kappa shape index (κ3) is 2.36. The number of alkyl halides is 2. The van der Waals surface area contributed by atoms with Crippen LogP contribution in [-0.2, 0) is 4.79 Å². The summed E-state index contributed by atoms with van der Waals surface area (Å²) in [4.78, 5) is 13.6. The van der Waals surface area contributed by atoms with Gasteiger partial charge in [-0.3, -0.25) is 4.79 Å². The third-order valence-electron chi connectivity index (χ3n) is 2.57. The lowest BCUT2D eigenvalue weighted by Gasteiger charge is -2.33. The van der Waals surface area contributed by atoms with Crippen molar-refractivity contribution in [2.24, 2.45) is 0 Å². The van der Waals surface area contributed by atoms with Crippen LogP contribution in [0.2, 0.25) is 0 Å². The molecule has 86 valence electrons. The van der Waals surface area contributed by atoms with Crippen LogP contribution in [0.25, 0.3) is 0 Å². The molecule has 1 aromatic rings. The van der Waals surface area contributed by atoms with Crippen molar-refractivity contribution >= 4 is 50.7 Å². The van der Waals surface area contributed by atoms with E-state index in [2.05, 4.69) is 15.9 Å². The van der Waals surface area contributed by atoms with Gasteiger partial charge < -0.3 is 4.90 Å². The third-order valence-corrected chi connectivity index (χ3v) is 3.80. The van der Waals surface area contributed by atoms with Gasteiger partial charge in [0.15, 0.2) is 4.33 Å². The van der Waals surface area contributed by atoms with Crippen LogP contribution in [0.1, 0.15) is 12.8 Å². The molecule has 0 aromatic heterocycles. The highest BCUT2D eigenvalue weighted by atomic mass is 79.9. The molecule has 1 aliphatic rings. The van der Waals surface area contributed by atoms with Gasteiger partial charge in [0.05, 0.1) is 0 Å². The number of carbonyl (C=O) groups excluding carboxylic acids is 1. The largest absolute Gasteiger partial charge is 0.310 e. The summed E-state index contributed by atoms with van der Waals surface area (Å²) in [5.74, 6) is -0.232. The zero-order valence-corrected chi connectivity index (χ0v) is 11.5. The second kappa shape index (κ2) is 4.55. The highest BCUT2D eigenvalue weighted by Gasteiger charge is 2.40. The first-order valence-corrected chi connectivity index (χ1v) is 6.51. The molecular formula is C11H10BrCl2NO. The fourth-order valence-electron chi connectivity index (χ4n) is 1.73. The Hall–Kier alpha value is -0.250. The van der Waals surface area contributed by atoms with Crippen LogP contribution in [0.4, 0.5) is 5.69 Å². The number of nitrogens with zero attached hydrogens (tertiary/aromatic N) is 1. The van der Waals surface area contributed by atoms with Crippen LogP contribution in [0.5, 0.6) is 0 Å². The first kappa shape index (κ1) is 12.2. The fraction of sp³-hybridized carbons (Fsp3) is 0.364. The maximum Gasteiger partial charge on any atom is 0.263 e. The molecule has 1 fully saturated rings. The van der Waals surface area contributed by atoms with Gasteiger partial charge in [-0.1, -0.05) is 39.1 Å². The molecule has 0 N–H and O–H groups in total. The van der Waals surface area contributed by atoms with E-state index in [1.54, 1.807) is 4.90 Å². The van der Waals surface area contributed by atoms with Crippen LogP contribution in [-0.4, -0.2) is 16.8 Å². The monoisotopic (exact) mass is 321 g/mol. The molecule has 1 aromatic carbocycles. The molecule has 2 rings (SSSR count). The molecule has 0 bridgehead atoms. The molecular weight excluding hydrogens is 313 g/mol. The van der Waals surface area contributed by atoms with E-state index in [9.17, 15) is 4.79 Å². The Balaban J connectivity index is 2.27. The molecule has 0 radical (unpaired) electrons. The number of halogens is 3. The van der Waals surface area contributed by atoms with Crippen LogP contribution < -0.4 is 4.90 Å². The van der Waals surface area contributed by atoms with Crippen LogP contribution in [0.3, 0.4) is 0 Å². The van der Waals surface area contributed by atoms with Crippen molar-refractivity contribution in [3.05, 3.63) is 28.7 Å². The molecule has 0 saturated carbocycles. The predicted octanol–water partition coefficient (Wildman–Crippen LogP) is 3.75. The van der Waals surface area contributed by atoms with Crippen molar-refractivity contribution in [3.63, 3.8) is 0 Å². The number of carbonyl (C=O) groups is 1. The van der Waals surface area contributed by atoms with Gasteiger partial charge in [0.25, 0.3) is 5.91 Å². The number of piperidine rings is 1. The molecule has 1 saturated heterocycles. The Morgan fingerprint density at radius 1 is 1.25 bits per heavy atom. The lowest BCUT2D eigenvalue weighted by atomic mass is 10.1. The topological polar surface area (TPSA) is 20.3 Å². The van der Waals surface area contributed by atoms with Crippen LogP contribution >= 0.6 is 39.1 Å². The highest BCUT2D eigenvalue weighted by molar-refractivity contribution is 9.10. The van der Waals surface area contributed by atoms with Gasteiger partial charge in [0, 0.05) is 16.7 Å². The summed E-state index contributed by atoms with van der Waals surface area (Å²) in [6, 6.07) is 7.52. The summed E-state index contributed by atoms with van der Waals surface area (Å²) >= 11 is 15.3. The Kier molecular flexibility index (Phi) is 3.48. The van der Waals surface area contributed by atoms with Gasteiger partial charge in [-0.05, 0) is 37.1 Å². The molecule has 16 heavy (non-hydrogen) atoms. The van der Waals surface area contributed by atoms with Gasteiger partial charge in [0.2, 0.25) is 0 Å². The van der Waals surface area contributed by atoms with E-state index in [0.717, 1.165) is 16.6 Å². The average molecular weight is 323 g/mol. The summed E-state index contributed by atoms with van der Waals surface area (Å²) in [5, 5.41) is 0. The molecule has 2 nitrogen and oxygen atoms in total. The van der Waals surface area contributed by atoms with Crippen molar-refractivity contribution in [2.75, 3.05) is 11.4 Å². The van der Waals surface area contributed by atoms with Crippen LogP contribution in [0, 0.1) is 0 Å². The van der Waals surface area contributed by atoms with Gasteiger partial charge >= 0.3 is 0 Å². The van der Waals surface area contributed by atoms with Gasteiger partial charge in [-0.25, -0.2) is 0 Å². The minimum Gasteiger partial charge on any atom is -0.310 e. The highest BCUT2D eigenvalue weighted by Crippen LogP contribution is 2.35. The SMILES string of the molecule is O=C1N(c2ccc(Br)cc2)CCCC1(Cl)Cl. The van der Waals surface area contributed by atoms with E-state index in [1.807, 2.05) is 24.3 Å². The molecule has 1 aliphatic heterocycles. The number of hydrogen-bond acceptors (Lipinski definition) is 1. The maximum absolute atomic E-state index is 12.0. The maximum atomic E-state index is 12.0. The van der Waals surface area contributed by atoms with E-state index < -0.39 is 4.33 Å². The Bertz CT molecular complexity index is 405. The van der Waals surface area contributed by atoms with E-state index in [0.29, 0.717) is 13.0 Å². The zero-order valence-electron chi connectivity index (χ0n) is 8.42. The van der Waals surface area contributed by atoms with Gasteiger partial charge in [0.1, 0.15) is 0 Å². The van der Waals surface area contributed by atoms with E-state index in [4.69, 9.17) is 23.2 Å². The molecule has 5 heteroatoms. The predicted molar refractivity (Wildman–Crippen MR) is 70.2 cm³/mol. The number of rotatable bonds is 1.